The monoisotopic (exact) mass is 432 g/mol. The van der Waals surface area contributed by atoms with Crippen molar-refractivity contribution >= 4 is 5.91 Å². The third kappa shape index (κ3) is 4.42. The second-order valence-electron chi connectivity index (χ2n) is 9.92. The van der Waals surface area contributed by atoms with Crippen molar-refractivity contribution in [2.45, 2.75) is 76.9 Å². The van der Waals surface area contributed by atoms with E-state index in [9.17, 15) is 4.79 Å². The summed E-state index contributed by atoms with van der Waals surface area (Å²) in [5.74, 6) is 1.40. The maximum Gasteiger partial charge on any atom is 0.289 e. The maximum atomic E-state index is 12.9. The molecule has 2 fully saturated rings. The van der Waals surface area contributed by atoms with Gasteiger partial charge in [-0.2, -0.15) is 5.26 Å². The summed E-state index contributed by atoms with van der Waals surface area (Å²) >= 11 is 0. The van der Waals surface area contributed by atoms with Crippen molar-refractivity contribution in [2.75, 3.05) is 13.1 Å². The molecule has 1 amide bonds. The topological polar surface area (TPSA) is 86.8 Å². The molecule has 3 aliphatic rings. The molecule has 3 heterocycles. The Balaban J connectivity index is 1.21. The van der Waals surface area contributed by atoms with E-state index in [1.807, 2.05) is 12.1 Å². The van der Waals surface area contributed by atoms with E-state index in [2.05, 4.69) is 43.2 Å². The molecule has 1 aromatic carbocycles. The zero-order valence-corrected chi connectivity index (χ0v) is 18.7. The van der Waals surface area contributed by atoms with Crippen LogP contribution in [0.1, 0.15) is 78.9 Å². The summed E-state index contributed by atoms with van der Waals surface area (Å²) in [7, 11) is 0. The number of hydrogen-bond acceptors (Lipinski definition) is 5. The molecule has 1 atom stereocenters. The molecule has 0 unspecified atom stereocenters. The summed E-state index contributed by atoms with van der Waals surface area (Å²) in [6.45, 7) is 3.92. The molecule has 2 aliphatic heterocycles. The number of carbonyl (C=O) groups excluding carboxylic acids is 1. The Morgan fingerprint density at radius 2 is 1.88 bits per heavy atom. The van der Waals surface area contributed by atoms with Gasteiger partial charge in [0, 0.05) is 32.1 Å². The van der Waals surface area contributed by atoms with E-state index in [0.29, 0.717) is 11.4 Å². The lowest BCUT2D eigenvalue weighted by Crippen LogP contribution is -2.37. The fraction of sp³-hybridized carbons (Fsp3) is 0.600. The Kier molecular flexibility index (Phi) is 5.97. The number of aromatic nitrogens is 3. The van der Waals surface area contributed by atoms with Gasteiger partial charge in [-0.05, 0) is 61.8 Å². The van der Waals surface area contributed by atoms with E-state index in [1.54, 1.807) is 0 Å². The number of carbonyl (C=O) groups is 1. The Morgan fingerprint density at radius 1 is 1.09 bits per heavy atom. The number of likely N-dealkylation sites (tertiary alicyclic amines) is 1. The Labute approximate surface area is 189 Å². The number of fused-ring (bicyclic) bond motifs is 1. The molecule has 1 saturated carbocycles. The molecule has 0 bridgehead atoms. The van der Waals surface area contributed by atoms with Gasteiger partial charge in [0.1, 0.15) is 5.82 Å². The molecule has 7 nitrogen and oxygen atoms in total. The Morgan fingerprint density at radius 3 is 2.66 bits per heavy atom. The number of nitriles is 1. The van der Waals surface area contributed by atoms with Crippen molar-refractivity contribution in [3.8, 4) is 6.07 Å². The van der Waals surface area contributed by atoms with Crippen LogP contribution in [-0.2, 0) is 19.5 Å². The first-order chi connectivity index (χ1) is 15.6. The largest absolute Gasteiger partial charge is 0.347 e. The number of hydrogen-bond donors (Lipinski definition) is 1. The molecule has 168 valence electrons. The average molecular weight is 433 g/mol. The number of nitrogens with one attached hydrogen (secondary N) is 1. The van der Waals surface area contributed by atoms with Crippen molar-refractivity contribution in [3.63, 3.8) is 0 Å². The molecule has 1 aliphatic carbocycles. The van der Waals surface area contributed by atoms with Gasteiger partial charge in [-0.15, -0.1) is 10.2 Å². The van der Waals surface area contributed by atoms with Gasteiger partial charge in [-0.25, -0.2) is 0 Å². The van der Waals surface area contributed by atoms with Crippen LogP contribution in [0.2, 0.25) is 0 Å². The van der Waals surface area contributed by atoms with Crippen LogP contribution in [0.4, 0.5) is 0 Å². The van der Waals surface area contributed by atoms with Gasteiger partial charge < -0.3 is 9.88 Å². The minimum Gasteiger partial charge on any atom is -0.347 e. The molecule has 1 aromatic heterocycles. The summed E-state index contributed by atoms with van der Waals surface area (Å²) in [6, 6.07) is 10.4. The molecule has 5 rings (SSSR count). The quantitative estimate of drug-likeness (QED) is 0.800. The number of amides is 1. The summed E-state index contributed by atoms with van der Waals surface area (Å²) in [4.78, 5) is 15.4. The first kappa shape index (κ1) is 21.1. The maximum absolute atomic E-state index is 12.9. The van der Waals surface area contributed by atoms with Crippen LogP contribution in [-0.4, -0.2) is 44.7 Å². The van der Waals surface area contributed by atoms with Gasteiger partial charge in [-0.1, -0.05) is 31.4 Å². The van der Waals surface area contributed by atoms with Crippen LogP contribution >= 0.6 is 0 Å². The van der Waals surface area contributed by atoms with Gasteiger partial charge >= 0.3 is 0 Å². The van der Waals surface area contributed by atoms with Crippen molar-refractivity contribution in [1.29, 1.82) is 5.26 Å². The molecule has 0 radical (unpaired) electrons. The highest BCUT2D eigenvalue weighted by Gasteiger charge is 2.40. The van der Waals surface area contributed by atoms with Crippen LogP contribution < -0.4 is 5.32 Å². The molecule has 2 aromatic rings. The van der Waals surface area contributed by atoms with Crippen LogP contribution in [0.15, 0.2) is 24.3 Å². The number of rotatable bonds is 4. The van der Waals surface area contributed by atoms with Gasteiger partial charge in [0.15, 0.2) is 0 Å². The average Bonchev–Trinajstić information content (AvgIpc) is 3.37. The first-order valence-corrected chi connectivity index (χ1v) is 12.1. The standard InChI is InChI=1S/C25H32N6O/c26-16-19-6-8-20(9-7-19)17-30-14-12-25(18-30)11-10-22-28-29-23(31(22)15-13-25)24(32)27-21-4-2-1-3-5-21/h6-9,21H,1-5,10-15,17-18H2,(H,27,32)/t25-/m0/s1. The highest BCUT2D eigenvalue weighted by Crippen LogP contribution is 2.41. The first-order valence-electron chi connectivity index (χ1n) is 12.1. The van der Waals surface area contributed by atoms with Crippen molar-refractivity contribution in [3.05, 3.63) is 47.0 Å². The van der Waals surface area contributed by atoms with Crippen LogP contribution in [0.25, 0.3) is 0 Å². The van der Waals surface area contributed by atoms with Crippen molar-refractivity contribution in [1.82, 2.24) is 25.0 Å². The third-order valence-corrected chi connectivity index (χ3v) is 7.72. The van der Waals surface area contributed by atoms with Crippen LogP contribution in [0, 0.1) is 16.7 Å². The lowest BCUT2D eigenvalue weighted by atomic mass is 9.80. The summed E-state index contributed by atoms with van der Waals surface area (Å²) < 4.78 is 2.08. The summed E-state index contributed by atoms with van der Waals surface area (Å²) in [5.41, 5.74) is 2.25. The molecule has 1 saturated heterocycles. The third-order valence-electron chi connectivity index (χ3n) is 7.72. The lowest BCUT2D eigenvalue weighted by molar-refractivity contribution is 0.0911. The number of benzene rings is 1. The fourth-order valence-electron chi connectivity index (χ4n) is 5.78. The van der Waals surface area contributed by atoms with Crippen LogP contribution in [0.5, 0.6) is 0 Å². The van der Waals surface area contributed by atoms with E-state index in [-0.39, 0.29) is 17.4 Å². The Hall–Kier alpha value is -2.72. The summed E-state index contributed by atoms with van der Waals surface area (Å²) in [6.07, 6.45) is 10.0. The van der Waals surface area contributed by atoms with E-state index < -0.39 is 0 Å². The van der Waals surface area contributed by atoms with Crippen LogP contribution in [0.3, 0.4) is 0 Å². The number of nitrogens with zero attached hydrogens (tertiary/aromatic N) is 5. The van der Waals surface area contributed by atoms with Gasteiger partial charge in [0.05, 0.1) is 11.6 Å². The highest BCUT2D eigenvalue weighted by atomic mass is 16.2. The van der Waals surface area contributed by atoms with E-state index >= 15 is 0 Å². The summed E-state index contributed by atoms with van der Waals surface area (Å²) in [5, 5.41) is 20.9. The molecular formula is C25H32N6O. The lowest BCUT2D eigenvalue weighted by Gasteiger charge is -2.28. The van der Waals surface area contributed by atoms with Gasteiger partial charge in [-0.3, -0.25) is 9.69 Å². The molecular weight excluding hydrogens is 400 g/mol. The second kappa shape index (κ2) is 9.03. The Bertz CT molecular complexity index is 1000. The zero-order valence-electron chi connectivity index (χ0n) is 18.7. The predicted molar refractivity (Wildman–Crippen MR) is 121 cm³/mol. The SMILES string of the molecule is N#Cc1ccc(CN2CC[C@]3(CCc4nnc(C(=O)NC5CCCCC5)n4CC3)C2)cc1. The normalized spacial score (nSPS) is 24.1. The van der Waals surface area contributed by atoms with E-state index in [4.69, 9.17) is 5.26 Å². The second-order valence-corrected chi connectivity index (χ2v) is 9.92. The molecule has 32 heavy (non-hydrogen) atoms. The smallest absolute Gasteiger partial charge is 0.289 e. The predicted octanol–water partition coefficient (Wildman–Crippen LogP) is 3.44. The fourth-order valence-corrected chi connectivity index (χ4v) is 5.78. The number of aryl methyl sites for hydroxylation is 1. The van der Waals surface area contributed by atoms with Crippen molar-refractivity contribution < 1.29 is 4.79 Å². The van der Waals surface area contributed by atoms with Gasteiger partial charge in [0.25, 0.3) is 5.91 Å². The van der Waals surface area contributed by atoms with E-state index in [1.165, 1.54) is 31.2 Å². The van der Waals surface area contributed by atoms with E-state index in [0.717, 1.165) is 64.1 Å². The molecule has 1 N–H and O–H groups in total. The molecule has 1 spiro atoms. The highest BCUT2D eigenvalue weighted by molar-refractivity contribution is 5.90. The minimum absolute atomic E-state index is 0.0551. The molecule has 7 heteroatoms. The van der Waals surface area contributed by atoms with Gasteiger partial charge in [0.2, 0.25) is 5.82 Å². The van der Waals surface area contributed by atoms with Crippen molar-refractivity contribution in [2.24, 2.45) is 5.41 Å². The zero-order chi connectivity index (χ0) is 22.0. The minimum atomic E-state index is -0.0551.